The molecule has 1 heterocycles. The zero-order chi connectivity index (χ0) is 20.3. The lowest BCUT2D eigenvalue weighted by atomic mass is 9.98. The van der Waals surface area contributed by atoms with Crippen LogP contribution in [0.3, 0.4) is 0 Å². The molecule has 0 aliphatic rings. The third kappa shape index (κ3) is 4.26. The summed E-state index contributed by atoms with van der Waals surface area (Å²) in [6, 6.07) is 15.8. The standard InChI is InChI=1S/C23H21NO4/c1-14-4-8-17(9-5-14)21(26)22(18-10-6-15(2)7-11-18)28-23(27)20-12-19(13-24-20)16(3)25/h4-13,22,24H,1-3H3/t22-/m0/s1. The van der Waals surface area contributed by atoms with Crippen LogP contribution in [0.25, 0.3) is 0 Å². The summed E-state index contributed by atoms with van der Waals surface area (Å²) in [6.45, 7) is 5.28. The minimum Gasteiger partial charge on any atom is -0.444 e. The van der Waals surface area contributed by atoms with Gasteiger partial charge < -0.3 is 9.72 Å². The fourth-order valence-corrected chi connectivity index (χ4v) is 2.77. The first-order chi connectivity index (χ1) is 13.3. The third-order valence-electron chi connectivity index (χ3n) is 4.49. The van der Waals surface area contributed by atoms with Gasteiger partial charge in [0.2, 0.25) is 5.78 Å². The fourth-order valence-electron chi connectivity index (χ4n) is 2.77. The van der Waals surface area contributed by atoms with Gasteiger partial charge >= 0.3 is 5.97 Å². The van der Waals surface area contributed by atoms with Gasteiger partial charge in [-0.3, -0.25) is 9.59 Å². The predicted molar refractivity (Wildman–Crippen MR) is 106 cm³/mol. The smallest absolute Gasteiger partial charge is 0.355 e. The van der Waals surface area contributed by atoms with E-state index in [4.69, 9.17) is 4.74 Å². The van der Waals surface area contributed by atoms with Crippen LogP contribution in [-0.4, -0.2) is 22.5 Å². The van der Waals surface area contributed by atoms with Gasteiger partial charge in [0.1, 0.15) is 5.69 Å². The van der Waals surface area contributed by atoms with Gasteiger partial charge in [-0.2, -0.15) is 0 Å². The van der Waals surface area contributed by atoms with Gasteiger partial charge in [0.05, 0.1) is 0 Å². The van der Waals surface area contributed by atoms with E-state index in [0.717, 1.165) is 11.1 Å². The van der Waals surface area contributed by atoms with Crippen LogP contribution in [-0.2, 0) is 4.74 Å². The molecular weight excluding hydrogens is 354 g/mol. The third-order valence-corrected chi connectivity index (χ3v) is 4.49. The number of ether oxygens (including phenoxy) is 1. The first-order valence-corrected chi connectivity index (χ1v) is 8.93. The maximum absolute atomic E-state index is 13.1. The number of H-pyrrole nitrogens is 1. The summed E-state index contributed by atoms with van der Waals surface area (Å²) >= 11 is 0. The zero-order valence-electron chi connectivity index (χ0n) is 16.0. The molecule has 3 aromatic rings. The molecule has 0 unspecified atom stereocenters. The lowest BCUT2D eigenvalue weighted by Crippen LogP contribution is -2.20. The molecule has 1 aromatic heterocycles. The average molecular weight is 375 g/mol. The molecule has 3 rings (SSSR count). The SMILES string of the molecule is CC(=O)c1c[nH]c(C(=O)O[C@H](C(=O)c2ccc(C)cc2)c2ccc(C)cc2)c1. The van der Waals surface area contributed by atoms with E-state index in [1.165, 1.54) is 19.2 Å². The summed E-state index contributed by atoms with van der Waals surface area (Å²) in [6.07, 6.45) is 0.363. The van der Waals surface area contributed by atoms with Crippen molar-refractivity contribution in [1.29, 1.82) is 0 Å². The Balaban J connectivity index is 1.92. The van der Waals surface area contributed by atoms with Crippen LogP contribution in [0.15, 0.2) is 60.8 Å². The van der Waals surface area contributed by atoms with Crippen molar-refractivity contribution in [3.8, 4) is 0 Å². The highest BCUT2D eigenvalue weighted by atomic mass is 16.5. The molecule has 0 radical (unpaired) electrons. The van der Waals surface area contributed by atoms with Crippen LogP contribution in [0.5, 0.6) is 0 Å². The molecule has 0 saturated carbocycles. The quantitative estimate of drug-likeness (QED) is 0.504. The molecule has 0 aliphatic carbocycles. The maximum atomic E-state index is 13.1. The van der Waals surface area contributed by atoms with Crippen LogP contribution in [0.4, 0.5) is 0 Å². The van der Waals surface area contributed by atoms with E-state index in [1.54, 1.807) is 24.3 Å². The van der Waals surface area contributed by atoms with Crippen LogP contribution >= 0.6 is 0 Å². The molecule has 1 N–H and O–H groups in total. The van der Waals surface area contributed by atoms with Crippen molar-refractivity contribution < 1.29 is 19.1 Å². The summed E-state index contributed by atoms with van der Waals surface area (Å²) < 4.78 is 5.57. The number of benzene rings is 2. The summed E-state index contributed by atoms with van der Waals surface area (Å²) in [5, 5.41) is 0. The van der Waals surface area contributed by atoms with Gasteiger partial charge in [0, 0.05) is 22.9 Å². The van der Waals surface area contributed by atoms with E-state index in [0.29, 0.717) is 16.7 Å². The zero-order valence-corrected chi connectivity index (χ0v) is 16.0. The van der Waals surface area contributed by atoms with Crippen molar-refractivity contribution >= 4 is 17.5 Å². The van der Waals surface area contributed by atoms with E-state index < -0.39 is 12.1 Å². The highest BCUT2D eigenvalue weighted by molar-refractivity contribution is 6.02. The number of aromatic amines is 1. The number of carbonyl (C=O) groups is 3. The van der Waals surface area contributed by atoms with Crippen molar-refractivity contribution in [1.82, 2.24) is 4.98 Å². The lowest BCUT2D eigenvalue weighted by Gasteiger charge is -2.17. The van der Waals surface area contributed by atoms with Gasteiger partial charge in [0.15, 0.2) is 11.9 Å². The Bertz CT molecular complexity index is 1010. The molecule has 1 atom stereocenters. The second-order valence-electron chi connectivity index (χ2n) is 6.78. The van der Waals surface area contributed by atoms with Gasteiger partial charge in [-0.25, -0.2) is 4.79 Å². The van der Waals surface area contributed by atoms with Crippen molar-refractivity contribution in [2.45, 2.75) is 26.9 Å². The lowest BCUT2D eigenvalue weighted by molar-refractivity contribution is 0.0275. The Morgan fingerprint density at radius 2 is 1.43 bits per heavy atom. The largest absolute Gasteiger partial charge is 0.444 e. The molecule has 0 amide bonds. The Kier molecular flexibility index (Phi) is 5.54. The van der Waals surface area contributed by atoms with Crippen molar-refractivity contribution in [3.63, 3.8) is 0 Å². The van der Waals surface area contributed by atoms with Crippen LogP contribution in [0, 0.1) is 13.8 Å². The normalized spacial score (nSPS) is 11.7. The maximum Gasteiger partial charge on any atom is 0.355 e. The van der Waals surface area contributed by atoms with Crippen molar-refractivity contribution in [2.75, 3.05) is 0 Å². The number of ketones is 2. The van der Waals surface area contributed by atoms with E-state index in [2.05, 4.69) is 4.98 Å². The number of Topliss-reactive ketones (excluding diaryl/α,β-unsaturated/α-hetero) is 2. The Hall–Kier alpha value is -3.47. The van der Waals surface area contributed by atoms with Gasteiger partial charge in [-0.1, -0.05) is 59.7 Å². The molecule has 0 saturated heterocycles. The van der Waals surface area contributed by atoms with Crippen LogP contribution in [0.2, 0.25) is 0 Å². The van der Waals surface area contributed by atoms with Crippen molar-refractivity contribution in [3.05, 3.63) is 94.3 Å². The number of carbonyl (C=O) groups excluding carboxylic acids is 3. The number of hydrogen-bond donors (Lipinski definition) is 1. The first kappa shape index (κ1) is 19.3. The summed E-state index contributed by atoms with van der Waals surface area (Å²) in [4.78, 5) is 39.9. The Morgan fingerprint density at radius 1 is 0.857 bits per heavy atom. The minimum absolute atomic E-state index is 0.124. The molecule has 0 fully saturated rings. The molecule has 5 heteroatoms. The number of nitrogens with one attached hydrogen (secondary N) is 1. The monoisotopic (exact) mass is 375 g/mol. The summed E-state index contributed by atoms with van der Waals surface area (Å²) in [5.74, 6) is -1.17. The molecule has 0 bridgehead atoms. The number of aryl methyl sites for hydroxylation is 2. The molecule has 142 valence electrons. The van der Waals surface area contributed by atoms with Gasteiger partial charge in [-0.05, 0) is 26.8 Å². The highest BCUT2D eigenvalue weighted by Crippen LogP contribution is 2.25. The van der Waals surface area contributed by atoms with Crippen LogP contribution < -0.4 is 0 Å². The molecule has 5 nitrogen and oxygen atoms in total. The second-order valence-corrected chi connectivity index (χ2v) is 6.78. The minimum atomic E-state index is -1.08. The van der Waals surface area contributed by atoms with E-state index >= 15 is 0 Å². The highest BCUT2D eigenvalue weighted by Gasteiger charge is 2.27. The fraction of sp³-hybridized carbons (Fsp3) is 0.174. The number of rotatable bonds is 6. The van der Waals surface area contributed by atoms with Crippen LogP contribution in [0.1, 0.15) is 60.9 Å². The molecule has 28 heavy (non-hydrogen) atoms. The molecule has 0 spiro atoms. The molecular formula is C23H21NO4. The number of aromatic nitrogens is 1. The summed E-state index contributed by atoms with van der Waals surface area (Å²) in [5.41, 5.74) is 3.61. The van der Waals surface area contributed by atoms with Gasteiger partial charge in [-0.15, -0.1) is 0 Å². The van der Waals surface area contributed by atoms with Gasteiger partial charge in [0.25, 0.3) is 0 Å². The topological polar surface area (TPSA) is 76.2 Å². The predicted octanol–water partition coefficient (Wildman–Crippen LogP) is 4.62. The van der Waals surface area contributed by atoms with E-state index in [1.807, 2.05) is 38.1 Å². The number of esters is 1. The molecule has 2 aromatic carbocycles. The average Bonchev–Trinajstić information content (AvgIpc) is 3.18. The van der Waals surface area contributed by atoms with E-state index in [-0.39, 0.29) is 17.3 Å². The summed E-state index contributed by atoms with van der Waals surface area (Å²) in [7, 11) is 0. The van der Waals surface area contributed by atoms with Crippen molar-refractivity contribution in [2.24, 2.45) is 0 Å². The van der Waals surface area contributed by atoms with E-state index in [9.17, 15) is 14.4 Å². The Morgan fingerprint density at radius 3 is 1.96 bits per heavy atom. The number of hydrogen-bond acceptors (Lipinski definition) is 4. The molecule has 0 aliphatic heterocycles. The Labute approximate surface area is 163 Å². The first-order valence-electron chi connectivity index (χ1n) is 8.93. The second kappa shape index (κ2) is 8.05.